The third-order valence-electron chi connectivity index (χ3n) is 5.61. The molecule has 2 aliphatic carbocycles. The van der Waals surface area contributed by atoms with Crippen LogP contribution >= 0.6 is 0 Å². The van der Waals surface area contributed by atoms with Gasteiger partial charge in [0, 0.05) is 24.8 Å². The van der Waals surface area contributed by atoms with Gasteiger partial charge in [-0.3, -0.25) is 4.68 Å². The highest BCUT2D eigenvalue weighted by atomic mass is 15.3. The normalized spacial score (nSPS) is 22.4. The van der Waals surface area contributed by atoms with Crippen LogP contribution in [0, 0.1) is 0 Å². The fraction of sp³-hybridized carbons (Fsp3) is 0.824. The summed E-state index contributed by atoms with van der Waals surface area (Å²) in [7, 11) is 4.41. The summed E-state index contributed by atoms with van der Waals surface area (Å²) in [6, 6.07) is 2.83. The molecular weight excluding hydrogens is 260 g/mol. The maximum atomic E-state index is 4.78. The first-order valence-electron chi connectivity index (χ1n) is 8.62. The molecule has 3 rings (SSSR count). The average molecular weight is 290 g/mol. The third kappa shape index (κ3) is 3.32. The van der Waals surface area contributed by atoms with Crippen LogP contribution in [-0.4, -0.2) is 40.9 Å². The second kappa shape index (κ2) is 6.49. The van der Waals surface area contributed by atoms with Gasteiger partial charge in [0.05, 0.1) is 11.7 Å². The van der Waals surface area contributed by atoms with E-state index in [0.717, 1.165) is 13.1 Å². The summed E-state index contributed by atoms with van der Waals surface area (Å²) in [6.45, 7) is 1.98. The smallest absolute Gasteiger partial charge is 0.0762 e. The molecule has 0 atom stereocenters. The van der Waals surface area contributed by atoms with E-state index in [2.05, 4.69) is 41.3 Å². The third-order valence-corrected chi connectivity index (χ3v) is 5.61. The lowest BCUT2D eigenvalue weighted by Gasteiger charge is -2.47. The molecule has 0 aromatic carbocycles. The molecule has 2 aliphatic rings. The van der Waals surface area contributed by atoms with Crippen molar-refractivity contribution in [3.63, 3.8) is 0 Å². The van der Waals surface area contributed by atoms with Crippen molar-refractivity contribution in [3.05, 3.63) is 18.0 Å². The SMILES string of the molecule is CN(C)C1(CNCc2ccn(C3CCCCC3)n2)CCC1. The van der Waals surface area contributed by atoms with Crippen molar-refractivity contribution in [2.75, 3.05) is 20.6 Å². The fourth-order valence-corrected chi connectivity index (χ4v) is 3.81. The van der Waals surface area contributed by atoms with E-state index in [1.54, 1.807) is 0 Å². The summed E-state index contributed by atoms with van der Waals surface area (Å²) in [4.78, 5) is 2.39. The molecule has 4 nitrogen and oxygen atoms in total. The molecule has 0 aliphatic heterocycles. The molecule has 118 valence electrons. The Morgan fingerprint density at radius 3 is 2.62 bits per heavy atom. The predicted octanol–water partition coefficient (Wildman–Crippen LogP) is 2.96. The second-order valence-electron chi connectivity index (χ2n) is 7.15. The molecule has 4 heteroatoms. The van der Waals surface area contributed by atoms with Gasteiger partial charge in [-0.1, -0.05) is 19.3 Å². The van der Waals surface area contributed by atoms with E-state index in [0.29, 0.717) is 11.6 Å². The number of nitrogens with one attached hydrogen (secondary N) is 1. The van der Waals surface area contributed by atoms with Crippen molar-refractivity contribution in [2.24, 2.45) is 0 Å². The van der Waals surface area contributed by atoms with Crippen LogP contribution in [0.3, 0.4) is 0 Å². The van der Waals surface area contributed by atoms with Crippen LogP contribution < -0.4 is 5.32 Å². The Morgan fingerprint density at radius 2 is 2.00 bits per heavy atom. The maximum absolute atomic E-state index is 4.78. The highest BCUT2D eigenvalue weighted by Crippen LogP contribution is 2.35. The number of nitrogens with zero attached hydrogens (tertiary/aromatic N) is 3. The molecule has 0 bridgehead atoms. The molecule has 1 N–H and O–H groups in total. The molecule has 0 radical (unpaired) electrons. The van der Waals surface area contributed by atoms with E-state index in [1.807, 2.05) is 0 Å². The molecule has 1 heterocycles. The van der Waals surface area contributed by atoms with Crippen LogP contribution in [0.25, 0.3) is 0 Å². The van der Waals surface area contributed by atoms with Gasteiger partial charge in [0.2, 0.25) is 0 Å². The van der Waals surface area contributed by atoms with Crippen molar-refractivity contribution < 1.29 is 0 Å². The summed E-state index contributed by atoms with van der Waals surface area (Å²) >= 11 is 0. The Balaban J connectivity index is 1.48. The van der Waals surface area contributed by atoms with Crippen LogP contribution in [0.4, 0.5) is 0 Å². The number of aromatic nitrogens is 2. The molecule has 0 spiro atoms. The fourth-order valence-electron chi connectivity index (χ4n) is 3.81. The quantitative estimate of drug-likeness (QED) is 0.874. The van der Waals surface area contributed by atoms with Gasteiger partial charge < -0.3 is 10.2 Å². The van der Waals surface area contributed by atoms with Gasteiger partial charge in [0.25, 0.3) is 0 Å². The summed E-state index contributed by atoms with van der Waals surface area (Å²) in [5.74, 6) is 0. The molecule has 21 heavy (non-hydrogen) atoms. The number of hydrogen-bond donors (Lipinski definition) is 1. The zero-order chi connectivity index (χ0) is 14.7. The lowest BCUT2D eigenvalue weighted by molar-refractivity contribution is 0.0597. The van der Waals surface area contributed by atoms with Gasteiger partial charge in [0.1, 0.15) is 0 Å². The van der Waals surface area contributed by atoms with E-state index in [-0.39, 0.29) is 0 Å². The Morgan fingerprint density at radius 1 is 1.24 bits per heavy atom. The van der Waals surface area contributed by atoms with Gasteiger partial charge in [-0.15, -0.1) is 0 Å². The van der Waals surface area contributed by atoms with Crippen molar-refractivity contribution >= 4 is 0 Å². The monoisotopic (exact) mass is 290 g/mol. The largest absolute Gasteiger partial charge is 0.309 e. The van der Waals surface area contributed by atoms with Crippen molar-refractivity contribution in [1.82, 2.24) is 20.0 Å². The lowest BCUT2D eigenvalue weighted by Crippen LogP contribution is -2.56. The minimum absolute atomic E-state index is 0.395. The predicted molar refractivity (Wildman–Crippen MR) is 86.3 cm³/mol. The standard InChI is InChI=1S/C17H30N4/c1-20(2)17(10-6-11-17)14-18-13-15-9-12-21(19-15)16-7-4-3-5-8-16/h9,12,16,18H,3-8,10-11,13-14H2,1-2H3. The molecule has 1 aromatic heterocycles. The van der Waals surface area contributed by atoms with Gasteiger partial charge in [-0.25, -0.2) is 0 Å². The van der Waals surface area contributed by atoms with E-state index in [4.69, 9.17) is 5.10 Å². The highest BCUT2D eigenvalue weighted by Gasteiger charge is 2.38. The van der Waals surface area contributed by atoms with Crippen molar-refractivity contribution in [1.29, 1.82) is 0 Å². The summed E-state index contributed by atoms with van der Waals surface area (Å²) in [6.07, 6.45) is 12.9. The summed E-state index contributed by atoms with van der Waals surface area (Å²) in [5, 5.41) is 8.41. The molecule has 2 saturated carbocycles. The zero-order valence-corrected chi connectivity index (χ0v) is 13.6. The van der Waals surface area contributed by atoms with Crippen LogP contribution in [0.15, 0.2) is 12.3 Å². The van der Waals surface area contributed by atoms with Crippen molar-refractivity contribution in [3.8, 4) is 0 Å². The van der Waals surface area contributed by atoms with E-state index in [1.165, 1.54) is 57.1 Å². The van der Waals surface area contributed by atoms with Gasteiger partial charge in [-0.2, -0.15) is 5.10 Å². The lowest BCUT2D eigenvalue weighted by atomic mass is 9.75. The first-order valence-corrected chi connectivity index (χ1v) is 8.62. The van der Waals surface area contributed by atoms with Crippen molar-refractivity contribution in [2.45, 2.75) is 69.5 Å². The number of likely N-dealkylation sites (N-methyl/N-ethyl adjacent to an activating group) is 1. The first-order chi connectivity index (χ1) is 10.2. The zero-order valence-electron chi connectivity index (χ0n) is 13.6. The van der Waals surface area contributed by atoms with E-state index < -0.39 is 0 Å². The van der Waals surface area contributed by atoms with Gasteiger partial charge in [0.15, 0.2) is 0 Å². The van der Waals surface area contributed by atoms with Crippen LogP contribution in [0.5, 0.6) is 0 Å². The Hall–Kier alpha value is -0.870. The molecule has 1 aromatic rings. The Labute approximate surface area is 128 Å². The molecule has 0 unspecified atom stereocenters. The highest BCUT2D eigenvalue weighted by molar-refractivity contribution is 5.02. The summed E-state index contributed by atoms with van der Waals surface area (Å²) < 4.78 is 2.21. The second-order valence-corrected chi connectivity index (χ2v) is 7.15. The number of hydrogen-bond acceptors (Lipinski definition) is 3. The minimum atomic E-state index is 0.395. The molecular formula is C17H30N4. The van der Waals surface area contributed by atoms with E-state index in [9.17, 15) is 0 Å². The molecule has 2 fully saturated rings. The topological polar surface area (TPSA) is 33.1 Å². The Kier molecular flexibility index (Phi) is 4.65. The molecule has 0 saturated heterocycles. The average Bonchev–Trinajstić information content (AvgIpc) is 2.91. The van der Waals surface area contributed by atoms with Crippen LogP contribution in [0.1, 0.15) is 63.1 Å². The van der Waals surface area contributed by atoms with Gasteiger partial charge in [-0.05, 0) is 52.3 Å². The molecule has 0 amide bonds. The van der Waals surface area contributed by atoms with Crippen LogP contribution in [-0.2, 0) is 6.54 Å². The number of rotatable bonds is 6. The summed E-state index contributed by atoms with van der Waals surface area (Å²) in [5.41, 5.74) is 1.58. The van der Waals surface area contributed by atoms with Gasteiger partial charge >= 0.3 is 0 Å². The first kappa shape index (κ1) is 15.0. The minimum Gasteiger partial charge on any atom is -0.309 e. The Bertz CT molecular complexity index is 441. The maximum Gasteiger partial charge on any atom is 0.0762 e. The van der Waals surface area contributed by atoms with Crippen LogP contribution in [0.2, 0.25) is 0 Å². The van der Waals surface area contributed by atoms with E-state index >= 15 is 0 Å².